The molecule has 6 nitrogen and oxygen atoms in total. The molecule has 7 heteroatoms. The Morgan fingerprint density at radius 1 is 1.26 bits per heavy atom. The molecule has 1 aliphatic heterocycles. The Morgan fingerprint density at radius 3 is 2.74 bits per heavy atom. The zero-order chi connectivity index (χ0) is 19.4. The van der Waals surface area contributed by atoms with Crippen molar-refractivity contribution < 1.29 is 19.1 Å². The summed E-state index contributed by atoms with van der Waals surface area (Å²) >= 11 is 6.09. The van der Waals surface area contributed by atoms with Crippen LogP contribution in [0.3, 0.4) is 0 Å². The van der Waals surface area contributed by atoms with E-state index in [1.165, 1.54) is 7.11 Å². The number of para-hydroxylation sites is 2. The van der Waals surface area contributed by atoms with Crippen molar-refractivity contribution in [1.82, 2.24) is 0 Å². The molecule has 0 aliphatic carbocycles. The predicted octanol–water partition coefficient (Wildman–Crippen LogP) is 3.74. The zero-order valence-electron chi connectivity index (χ0n) is 15.2. The van der Waals surface area contributed by atoms with E-state index in [0.717, 1.165) is 0 Å². The van der Waals surface area contributed by atoms with E-state index in [-0.39, 0.29) is 18.2 Å². The van der Waals surface area contributed by atoms with E-state index in [1.54, 1.807) is 23.1 Å². The summed E-state index contributed by atoms with van der Waals surface area (Å²) in [5.41, 5.74) is 1.25. The lowest BCUT2D eigenvalue weighted by atomic mass is 10.1. The summed E-state index contributed by atoms with van der Waals surface area (Å²) in [6.45, 7) is 2.69. The van der Waals surface area contributed by atoms with Gasteiger partial charge in [0.1, 0.15) is 11.5 Å². The number of nitrogens with zero attached hydrogens (tertiary/aromatic N) is 1. The Balaban J connectivity index is 1.72. The van der Waals surface area contributed by atoms with Gasteiger partial charge in [-0.05, 0) is 37.3 Å². The smallest absolute Gasteiger partial charge is 0.229 e. The molecule has 0 spiro atoms. The lowest BCUT2D eigenvalue weighted by Gasteiger charge is -2.20. The number of halogens is 1. The average Bonchev–Trinajstić information content (AvgIpc) is 3.04. The van der Waals surface area contributed by atoms with Gasteiger partial charge in [-0.1, -0.05) is 23.7 Å². The van der Waals surface area contributed by atoms with Gasteiger partial charge in [0.2, 0.25) is 11.8 Å². The molecule has 0 bridgehead atoms. The monoisotopic (exact) mass is 388 g/mol. The highest BCUT2D eigenvalue weighted by atomic mass is 35.5. The van der Waals surface area contributed by atoms with Crippen molar-refractivity contribution in [2.45, 2.75) is 13.3 Å². The molecule has 1 saturated heterocycles. The van der Waals surface area contributed by atoms with Crippen molar-refractivity contribution in [2.24, 2.45) is 5.92 Å². The van der Waals surface area contributed by atoms with Crippen molar-refractivity contribution in [2.75, 3.05) is 30.5 Å². The number of carbonyl (C=O) groups excluding carboxylic acids is 2. The fourth-order valence-corrected chi connectivity index (χ4v) is 3.32. The van der Waals surface area contributed by atoms with E-state index in [9.17, 15) is 9.59 Å². The first-order valence-corrected chi connectivity index (χ1v) is 9.08. The highest BCUT2D eigenvalue weighted by Crippen LogP contribution is 2.34. The fourth-order valence-electron chi connectivity index (χ4n) is 3.06. The van der Waals surface area contributed by atoms with Crippen LogP contribution >= 0.6 is 11.6 Å². The Kier molecular flexibility index (Phi) is 5.86. The van der Waals surface area contributed by atoms with E-state index in [4.69, 9.17) is 21.1 Å². The molecule has 1 aliphatic rings. The SMILES string of the molecule is CCOc1ccccc1N1C[C@@H](C(=O)Nc2ccc(OC)c(Cl)c2)CC1=O. The Bertz CT molecular complexity index is 856. The molecule has 1 heterocycles. The van der Waals surface area contributed by atoms with Crippen molar-refractivity contribution >= 4 is 34.8 Å². The standard InChI is InChI=1S/C20H21ClN2O4/c1-3-27-18-7-5-4-6-16(18)23-12-13(10-19(23)24)20(25)22-14-8-9-17(26-2)15(21)11-14/h4-9,11,13H,3,10,12H2,1-2H3,(H,22,25)/t13-/m0/s1. The maximum atomic E-state index is 12.6. The van der Waals surface area contributed by atoms with Crippen LogP contribution in [0.1, 0.15) is 13.3 Å². The topological polar surface area (TPSA) is 67.9 Å². The Labute approximate surface area is 163 Å². The minimum absolute atomic E-state index is 0.102. The lowest BCUT2D eigenvalue weighted by molar-refractivity contribution is -0.122. The van der Waals surface area contributed by atoms with Gasteiger partial charge in [0.25, 0.3) is 0 Å². The third-order valence-corrected chi connectivity index (χ3v) is 4.67. The molecule has 1 fully saturated rings. The number of nitrogens with one attached hydrogen (secondary N) is 1. The number of anilines is 2. The largest absolute Gasteiger partial charge is 0.495 e. The van der Waals surface area contributed by atoms with Gasteiger partial charge in [0.15, 0.2) is 0 Å². The van der Waals surface area contributed by atoms with Crippen molar-refractivity contribution in [3.8, 4) is 11.5 Å². The molecule has 0 unspecified atom stereocenters. The molecule has 2 aromatic rings. The van der Waals surface area contributed by atoms with Gasteiger partial charge in [-0.2, -0.15) is 0 Å². The maximum Gasteiger partial charge on any atom is 0.229 e. The Morgan fingerprint density at radius 2 is 2.04 bits per heavy atom. The number of amides is 2. The first-order valence-electron chi connectivity index (χ1n) is 8.70. The van der Waals surface area contributed by atoms with Gasteiger partial charge >= 0.3 is 0 Å². The zero-order valence-corrected chi connectivity index (χ0v) is 16.0. The van der Waals surface area contributed by atoms with E-state index in [0.29, 0.717) is 41.0 Å². The van der Waals surface area contributed by atoms with Crippen molar-refractivity contribution in [3.63, 3.8) is 0 Å². The summed E-state index contributed by atoms with van der Waals surface area (Å²) in [6, 6.07) is 12.4. The summed E-state index contributed by atoms with van der Waals surface area (Å²) < 4.78 is 10.7. The molecule has 1 N–H and O–H groups in total. The molecule has 0 radical (unpaired) electrons. The molecule has 2 amide bonds. The van der Waals surface area contributed by atoms with Crippen LogP contribution in [-0.2, 0) is 9.59 Å². The quantitative estimate of drug-likeness (QED) is 0.818. The minimum atomic E-state index is -0.451. The molecule has 0 aromatic heterocycles. The van der Waals surface area contributed by atoms with Crippen molar-refractivity contribution in [1.29, 1.82) is 0 Å². The summed E-state index contributed by atoms with van der Waals surface area (Å²) in [5, 5.41) is 3.23. The van der Waals surface area contributed by atoms with Crippen LogP contribution in [-0.4, -0.2) is 32.1 Å². The lowest BCUT2D eigenvalue weighted by Crippen LogP contribution is -2.28. The molecular weight excluding hydrogens is 368 g/mol. The van der Waals surface area contributed by atoms with Crippen LogP contribution in [0.5, 0.6) is 11.5 Å². The van der Waals surface area contributed by atoms with Gasteiger partial charge in [0, 0.05) is 18.7 Å². The van der Waals surface area contributed by atoms with Crippen molar-refractivity contribution in [3.05, 3.63) is 47.5 Å². The van der Waals surface area contributed by atoms with Gasteiger partial charge in [-0.3, -0.25) is 9.59 Å². The average molecular weight is 389 g/mol. The van der Waals surface area contributed by atoms with Crippen LogP contribution in [0.15, 0.2) is 42.5 Å². The molecule has 142 valence electrons. The number of ether oxygens (including phenoxy) is 2. The van der Waals surface area contributed by atoms with Gasteiger partial charge < -0.3 is 19.7 Å². The third kappa shape index (κ3) is 4.17. The van der Waals surface area contributed by atoms with E-state index >= 15 is 0 Å². The van der Waals surface area contributed by atoms with E-state index < -0.39 is 5.92 Å². The van der Waals surface area contributed by atoms with Gasteiger partial charge in [-0.15, -0.1) is 0 Å². The predicted molar refractivity (Wildman–Crippen MR) is 105 cm³/mol. The minimum Gasteiger partial charge on any atom is -0.495 e. The van der Waals surface area contributed by atoms with Crippen LogP contribution in [0.4, 0.5) is 11.4 Å². The first kappa shape index (κ1) is 19.0. The second-order valence-electron chi connectivity index (χ2n) is 6.14. The summed E-state index contributed by atoms with van der Waals surface area (Å²) in [4.78, 5) is 26.7. The number of hydrogen-bond acceptors (Lipinski definition) is 4. The number of carbonyl (C=O) groups is 2. The fraction of sp³-hybridized carbons (Fsp3) is 0.300. The number of hydrogen-bond donors (Lipinski definition) is 1. The number of benzene rings is 2. The van der Waals surface area contributed by atoms with Crippen LogP contribution in [0.2, 0.25) is 5.02 Å². The second kappa shape index (κ2) is 8.31. The molecular formula is C20H21ClN2O4. The number of rotatable bonds is 6. The molecule has 3 rings (SSSR count). The highest BCUT2D eigenvalue weighted by Gasteiger charge is 2.36. The van der Waals surface area contributed by atoms with E-state index in [1.807, 2.05) is 31.2 Å². The first-order chi connectivity index (χ1) is 13.0. The van der Waals surface area contributed by atoms with Crippen LogP contribution in [0, 0.1) is 5.92 Å². The third-order valence-electron chi connectivity index (χ3n) is 4.37. The van der Waals surface area contributed by atoms with E-state index in [2.05, 4.69) is 5.32 Å². The normalized spacial score (nSPS) is 16.3. The van der Waals surface area contributed by atoms with Crippen LogP contribution < -0.4 is 19.7 Å². The van der Waals surface area contributed by atoms with Gasteiger partial charge in [-0.25, -0.2) is 0 Å². The second-order valence-corrected chi connectivity index (χ2v) is 6.55. The molecule has 1 atom stereocenters. The number of methoxy groups -OCH3 is 1. The highest BCUT2D eigenvalue weighted by molar-refractivity contribution is 6.32. The maximum absolute atomic E-state index is 12.6. The summed E-state index contributed by atoms with van der Waals surface area (Å²) in [7, 11) is 1.53. The summed E-state index contributed by atoms with van der Waals surface area (Å²) in [6.07, 6.45) is 0.149. The van der Waals surface area contributed by atoms with Crippen LogP contribution in [0.25, 0.3) is 0 Å². The Hall–Kier alpha value is -2.73. The summed E-state index contributed by atoms with van der Waals surface area (Å²) in [5.74, 6) is 0.393. The molecule has 2 aromatic carbocycles. The molecule has 27 heavy (non-hydrogen) atoms. The molecule has 0 saturated carbocycles. The van der Waals surface area contributed by atoms with Gasteiger partial charge in [0.05, 0.1) is 30.3 Å².